The first-order valence-electron chi connectivity index (χ1n) is 11.7. The van der Waals surface area contributed by atoms with E-state index in [1.165, 1.54) is 25.5 Å². The van der Waals surface area contributed by atoms with Crippen LogP contribution in [0.4, 0.5) is 0 Å². The van der Waals surface area contributed by atoms with Crippen molar-refractivity contribution in [2.45, 2.75) is 19.4 Å². The van der Waals surface area contributed by atoms with Crippen LogP contribution >= 0.6 is 0 Å². The van der Waals surface area contributed by atoms with E-state index in [2.05, 4.69) is 4.99 Å². The Balaban J connectivity index is 1.81. The van der Waals surface area contributed by atoms with E-state index in [4.69, 9.17) is 9.47 Å². The first-order chi connectivity index (χ1) is 17.9. The maximum atomic E-state index is 13.3. The Morgan fingerprint density at radius 1 is 0.973 bits per heavy atom. The third-order valence-electron chi connectivity index (χ3n) is 5.87. The van der Waals surface area contributed by atoms with Crippen LogP contribution in [0.15, 0.2) is 88.6 Å². The van der Waals surface area contributed by atoms with E-state index in [1.807, 2.05) is 30.3 Å². The van der Waals surface area contributed by atoms with Gasteiger partial charge >= 0.3 is 11.9 Å². The first-order valence-corrected chi connectivity index (χ1v) is 11.7. The number of aliphatic imine (C=N–C) groups is 1. The van der Waals surface area contributed by atoms with E-state index in [1.54, 1.807) is 43.3 Å². The van der Waals surface area contributed by atoms with Crippen LogP contribution in [0.5, 0.6) is 5.88 Å². The van der Waals surface area contributed by atoms with Crippen molar-refractivity contribution in [3.8, 4) is 11.6 Å². The number of ether oxygens (including phenoxy) is 2. The zero-order valence-corrected chi connectivity index (χ0v) is 20.5. The van der Waals surface area contributed by atoms with Crippen molar-refractivity contribution in [2.24, 2.45) is 4.99 Å². The molecule has 0 amide bonds. The van der Waals surface area contributed by atoms with Gasteiger partial charge in [-0.15, -0.1) is 0 Å². The highest BCUT2D eigenvalue weighted by Gasteiger charge is 2.21. The zero-order valence-electron chi connectivity index (χ0n) is 20.5. The lowest BCUT2D eigenvalue weighted by molar-refractivity contribution is -0.142. The van der Waals surface area contributed by atoms with E-state index < -0.39 is 23.5 Å². The standard InChI is InChI=1S/C29H26N2O6/c1-3-37-28(34)20-13-15-21(16-14-20)31-26(32)23-12-8-7-11-22(23)24(27(31)33)18-30-25(29(35)36-2)17-19-9-5-4-6-10-19/h4-16,18,25,33H,3,17H2,1-2H3. The maximum absolute atomic E-state index is 13.3. The van der Waals surface area contributed by atoms with Crippen molar-refractivity contribution >= 4 is 28.9 Å². The molecule has 8 nitrogen and oxygen atoms in total. The smallest absolute Gasteiger partial charge is 0.338 e. The molecule has 1 N–H and O–H groups in total. The lowest BCUT2D eigenvalue weighted by Gasteiger charge is -2.15. The number of carbonyl (C=O) groups excluding carboxylic acids is 2. The van der Waals surface area contributed by atoms with E-state index >= 15 is 0 Å². The van der Waals surface area contributed by atoms with Crippen LogP contribution in [0.3, 0.4) is 0 Å². The number of hydrogen-bond donors (Lipinski definition) is 1. The second-order valence-corrected chi connectivity index (χ2v) is 8.20. The highest BCUT2D eigenvalue weighted by Crippen LogP contribution is 2.26. The monoisotopic (exact) mass is 498 g/mol. The summed E-state index contributed by atoms with van der Waals surface area (Å²) in [5.74, 6) is -1.35. The van der Waals surface area contributed by atoms with Gasteiger partial charge in [-0.1, -0.05) is 48.5 Å². The van der Waals surface area contributed by atoms with Crippen LogP contribution in [-0.2, 0) is 20.7 Å². The molecule has 8 heteroatoms. The highest BCUT2D eigenvalue weighted by molar-refractivity contribution is 6.02. The predicted octanol–water partition coefficient (Wildman–Crippen LogP) is 4.08. The van der Waals surface area contributed by atoms with Gasteiger partial charge in [0.05, 0.1) is 30.5 Å². The fourth-order valence-corrected chi connectivity index (χ4v) is 4.02. The summed E-state index contributed by atoms with van der Waals surface area (Å²) in [4.78, 5) is 42.3. The van der Waals surface area contributed by atoms with Crippen LogP contribution in [-0.4, -0.2) is 47.6 Å². The number of aromatic nitrogens is 1. The fraction of sp³-hybridized carbons (Fsp3) is 0.172. The van der Waals surface area contributed by atoms with Gasteiger partial charge in [-0.25, -0.2) is 14.2 Å². The third-order valence-corrected chi connectivity index (χ3v) is 5.87. The third kappa shape index (κ3) is 5.43. The molecule has 1 atom stereocenters. The molecule has 0 fully saturated rings. The number of hydrogen-bond acceptors (Lipinski definition) is 7. The summed E-state index contributed by atoms with van der Waals surface area (Å²) in [5, 5.41) is 12.1. The number of nitrogens with zero attached hydrogens (tertiary/aromatic N) is 2. The summed E-state index contributed by atoms with van der Waals surface area (Å²) in [5.41, 5.74) is 1.40. The topological polar surface area (TPSA) is 107 Å². The molecule has 0 aliphatic heterocycles. The molecule has 4 rings (SSSR count). The van der Waals surface area contributed by atoms with Gasteiger partial charge in [0, 0.05) is 23.4 Å². The molecule has 37 heavy (non-hydrogen) atoms. The summed E-state index contributed by atoms with van der Waals surface area (Å²) in [6, 6.07) is 21.5. The Morgan fingerprint density at radius 2 is 1.62 bits per heavy atom. The number of aromatic hydroxyl groups is 1. The van der Waals surface area contributed by atoms with Gasteiger partial charge in [-0.3, -0.25) is 9.79 Å². The number of fused-ring (bicyclic) bond motifs is 1. The summed E-state index contributed by atoms with van der Waals surface area (Å²) >= 11 is 0. The van der Waals surface area contributed by atoms with E-state index in [9.17, 15) is 19.5 Å². The number of pyridine rings is 1. The quantitative estimate of drug-likeness (QED) is 0.290. The second-order valence-electron chi connectivity index (χ2n) is 8.20. The van der Waals surface area contributed by atoms with Crippen LogP contribution in [0.2, 0.25) is 0 Å². The van der Waals surface area contributed by atoms with Crippen molar-refractivity contribution < 1.29 is 24.2 Å². The van der Waals surface area contributed by atoms with Crippen LogP contribution < -0.4 is 5.56 Å². The number of esters is 2. The number of benzene rings is 3. The van der Waals surface area contributed by atoms with Gasteiger partial charge in [-0.05, 0) is 42.8 Å². The van der Waals surface area contributed by atoms with Gasteiger partial charge in [-0.2, -0.15) is 0 Å². The minimum absolute atomic E-state index is 0.241. The van der Waals surface area contributed by atoms with Crippen LogP contribution in [0.25, 0.3) is 16.5 Å². The number of carbonyl (C=O) groups is 2. The molecule has 0 spiro atoms. The normalized spacial score (nSPS) is 11.9. The molecule has 0 radical (unpaired) electrons. The molecule has 3 aromatic carbocycles. The van der Waals surface area contributed by atoms with Gasteiger partial charge in [0.15, 0.2) is 6.04 Å². The minimum atomic E-state index is -0.852. The largest absolute Gasteiger partial charge is 0.494 e. The SMILES string of the molecule is CCOC(=O)c1ccc(-n2c(O)c(C=NC(Cc3ccccc3)C(=O)OC)c3ccccc3c2=O)cc1. The second kappa shape index (κ2) is 11.3. The molecule has 0 saturated carbocycles. The van der Waals surface area contributed by atoms with Crippen LogP contribution in [0.1, 0.15) is 28.4 Å². The Bertz CT molecular complexity index is 1510. The van der Waals surface area contributed by atoms with Crippen molar-refractivity contribution in [2.75, 3.05) is 13.7 Å². The van der Waals surface area contributed by atoms with Crippen LogP contribution in [0, 0.1) is 0 Å². The summed E-state index contributed by atoms with van der Waals surface area (Å²) in [6.45, 7) is 1.96. The zero-order chi connectivity index (χ0) is 26.4. The van der Waals surface area contributed by atoms with Crippen molar-refractivity contribution in [1.29, 1.82) is 0 Å². The lowest BCUT2D eigenvalue weighted by atomic mass is 10.1. The molecular weight excluding hydrogens is 472 g/mol. The molecule has 1 unspecified atom stereocenters. The van der Waals surface area contributed by atoms with E-state index in [0.29, 0.717) is 28.4 Å². The Morgan fingerprint density at radius 3 is 2.27 bits per heavy atom. The Labute approximate surface area is 213 Å². The molecular formula is C29H26N2O6. The molecule has 0 aliphatic carbocycles. The van der Waals surface area contributed by atoms with E-state index in [-0.39, 0.29) is 18.1 Å². The fourth-order valence-electron chi connectivity index (χ4n) is 4.02. The highest BCUT2D eigenvalue weighted by atomic mass is 16.5. The van der Waals surface area contributed by atoms with Gasteiger partial charge in [0.2, 0.25) is 5.88 Å². The summed E-state index contributed by atoms with van der Waals surface area (Å²) in [7, 11) is 1.29. The first kappa shape index (κ1) is 25.4. The molecule has 1 aromatic heterocycles. The molecule has 0 saturated heterocycles. The number of methoxy groups -OCH3 is 1. The number of rotatable bonds is 8. The molecule has 4 aromatic rings. The van der Waals surface area contributed by atoms with Gasteiger partial charge in [0.1, 0.15) is 0 Å². The summed E-state index contributed by atoms with van der Waals surface area (Å²) < 4.78 is 11.1. The Hall–Kier alpha value is -4.72. The van der Waals surface area contributed by atoms with Gasteiger partial charge in [0.25, 0.3) is 5.56 Å². The lowest BCUT2D eigenvalue weighted by Crippen LogP contribution is -2.23. The maximum Gasteiger partial charge on any atom is 0.338 e. The summed E-state index contributed by atoms with van der Waals surface area (Å²) in [6.07, 6.45) is 1.70. The average molecular weight is 499 g/mol. The molecule has 0 aliphatic rings. The minimum Gasteiger partial charge on any atom is -0.494 e. The van der Waals surface area contributed by atoms with Gasteiger partial charge < -0.3 is 14.6 Å². The van der Waals surface area contributed by atoms with Crippen molar-refractivity contribution in [3.63, 3.8) is 0 Å². The predicted molar refractivity (Wildman–Crippen MR) is 141 cm³/mol. The average Bonchev–Trinajstić information content (AvgIpc) is 2.93. The molecule has 188 valence electrons. The van der Waals surface area contributed by atoms with Crippen molar-refractivity contribution in [3.05, 3.63) is 106 Å². The Kier molecular flexibility index (Phi) is 7.78. The molecule has 0 bridgehead atoms. The molecule has 1 heterocycles. The van der Waals surface area contributed by atoms with E-state index in [0.717, 1.165) is 10.1 Å². The van der Waals surface area contributed by atoms with Crippen molar-refractivity contribution in [1.82, 2.24) is 4.57 Å².